The van der Waals surface area contributed by atoms with Gasteiger partial charge in [0.2, 0.25) is 0 Å². The second-order valence-electron chi connectivity index (χ2n) is 9.62. The fraction of sp³-hybridized carbons (Fsp3) is 1.00. The van der Waals surface area contributed by atoms with Crippen molar-refractivity contribution in [1.29, 1.82) is 0 Å². The predicted molar refractivity (Wildman–Crippen MR) is 85.5 cm³/mol. The molecule has 0 aromatic heterocycles. The average molecular weight is 318 g/mol. The van der Waals surface area contributed by atoms with Gasteiger partial charge in [-0.25, -0.2) is 0 Å². The first kappa shape index (κ1) is 14.1. The number of aliphatic hydroxyl groups excluding tert-OH is 2. The lowest BCUT2D eigenvalue weighted by atomic mass is 9.40. The Morgan fingerprint density at radius 3 is 2.26 bits per heavy atom. The first-order valence-electron chi connectivity index (χ1n) is 10.3. The van der Waals surface area contributed by atoms with Gasteiger partial charge in [-0.1, -0.05) is 12.8 Å². The fourth-order valence-corrected chi connectivity index (χ4v) is 8.57. The largest absolute Gasteiger partial charge is 0.393 e. The van der Waals surface area contributed by atoms with E-state index in [2.05, 4.69) is 0 Å². The molecule has 23 heavy (non-hydrogen) atoms. The van der Waals surface area contributed by atoms with Crippen LogP contribution >= 0.6 is 0 Å². The second-order valence-corrected chi connectivity index (χ2v) is 9.62. The Labute approximate surface area is 138 Å². The fourth-order valence-electron chi connectivity index (χ4n) is 8.57. The summed E-state index contributed by atoms with van der Waals surface area (Å²) in [6.07, 6.45) is 10.2. The Bertz CT molecular complexity index is 505. The molecule has 0 bridgehead atoms. The summed E-state index contributed by atoms with van der Waals surface area (Å²) in [7, 11) is 0. The normalized spacial score (nSPS) is 66.0. The molecule has 6 aliphatic rings. The van der Waals surface area contributed by atoms with Crippen molar-refractivity contribution in [2.75, 3.05) is 0 Å². The van der Waals surface area contributed by atoms with Gasteiger partial charge in [-0.3, -0.25) is 0 Å². The number of fused-ring (bicyclic) bond motifs is 3. The molecule has 0 aromatic carbocycles. The Balaban J connectivity index is 1.44. The topological polar surface area (TPSA) is 49.7 Å². The van der Waals surface area contributed by atoms with Gasteiger partial charge in [0.15, 0.2) is 0 Å². The summed E-state index contributed by atoms with van der Waals surface area (Å²) in [5.74, 6) is 5.35. The third-order valence-electron chi connectivity index (χ3n) is 9.17. The van der Waals surface area contributed by atoms with Crippen molar-refractivity contribution in [1.82, 2.24) is 0 Å². The molecule has 6 rings (SSSR count). The minimum atomic E-state index is -0.408. The Kier molecular flexibility index (Phi) is 2.90. The third-order valence-corrected chi connectivity index (χ3v) is 9.17. The molecule has 0 radical (unpaired) electrons. The molecule has 3 heteroatoms. The summed E-state index contributed by atoms with van der Waals surface area (Å²) >= 11 is 0. The van der Waals surface area contributed by atoms with Crippen molar-refractivity contribution in [3.05, 3.63) is 0 Å². The quantitative estimate of drug-likeness (QED) is 0.722. The van der Waals surface area contributed by atoms with Crippen LogP contribution in [0.1, 0.15) is 51.4 Å². The average Bonchev–Trinajstić information content (AvgIpc) is 2.53. The maximum Gasteiger partial charge on any atom is 0.0897 e. The first-order valence-corrected chi connectivity index (χ1v) is 10.3. The van der Waals surface area contributed by atoms with Crippen LogP contribution in [-0.4, -0.2) is 34.6 Å². The van der Waals surface area contributed by atoms with Crippen molar-refractivity contribution >= 4 is 0 Å². The Morgan fingerprint density at radius 1 is 0.609 bits per heavy atom. The van der Waals surface area contributed by atoms with E-state index in [0.717, 1.165) is 36.0 Å². The molecule has 5 saturated carbocycles. The summed E-state index contributed by atoms with van der Waals surface area (Å²) < 4.78 is 6.34. The van der Waals surface area contributed by atoms with Gasteiger partial charge in [-0.05, 0) is 74.0 Å². The lowest BCUT2D eigenvalue weighted by molar-refractivity contribution is -0.352. The van der Waals surface area contributed by atoms with Crippen LogP contribution in [0.15, 0.2) is 0 Å². The Morgan fingerprint density at radius 2 is 1.39 bits per heavy atom. The minimum absolute atomic E-state index is 0.0446. The molecular formula is C20H30O3. The molecular weight excluding hydrogens is 288 g/mol. The van der Waals surface area contributed by atoms with E-state index in [9.17, 15) is 10.2 Å². The van der Waals surface area contributed by atoms with Crippen LogP contribution in [-0.2, 0) is 4.74 Å². The highest BCUT2D eigenvalue weighted by Gasteiger charge is 2.69. The van der Waals surface area contributed by atoms with Gasteiger partial charge in [0.05, 0.1) is 24.4 Å². The van der Waals surface area contributed by atoms with Crippen LogP contribution in [0.3, 0.4) is 0 Å². The molecule has 12 atom stereocenters. The maximum absolute atomic E-state index is 11.0. The lowest BCUT2D eigenvalue weighted by Crippen LogP contribution is -2.75. The van der Waals surface area contributed by atoms with Crippen LogP contribution in [0.4, 0.5) is 0 Å². The van der Waals surface area contributed by atoms with Gasteiger partial charge >= 0.3 is 0 Å². The highest BCUT2D eigenvalue weighted by Crippen LogP contribution is 2.67. The molecule has 3 nitrogen and oxygen atoms in total. The van der Waals surface area contributed by atoms with Crippen LogP contribution < -0.4 is 0 Å². The van der Waals surface area contributed by atoms with E-state index in [1.165, 1.54) is 44.9 Å². The highest BCUT2D eigenvalue weighted by molar-refractivity contribution is 5.17. The number of aliphatic hydroxyl groups is 2. The minimum Gasteiger partial charge on any atom is -0.393 e. The van der Waals surface area contributed by atoms with Gasteiger partial charge in [0.1, 0.15) is 0 Å². The molecule has 1 saturated heterocycles. The van der Waals surface area contributed by atoms with Crippen LogP contribution in [0, 0.1) is 47.3 Å². The van der Waals surface area contributed by atoms with E-state index in [0.29, 0.717) is 17.9 Å². The first-order chi connectivity index (χ1) is 11.3. The molecule has 0 amide bonds. The van der Waals surface area contributed by atoms with E-state index < -0.39 is 6.10 Å². The number of hydrogen-bond donors (Lipinski definition) is 2. The van der Waals surface area contributed by atoms with Gasteiger partial charge in [0, 0.05) is 11.8 Å². The van der Waals surface area contributed by atoms with Gasteiger partial charge in [-0.2, -0.15) is 0 Å². The van der Waals surface area contributed by atoms with E-state index in [-0.39, 0.29) is 18.1 Å². The van der Waals surface area contributed by atoms with Crippen molar-refractivity contribution in [3.63, 3.8) is 0 Å². The van der Waals surface area contributed by atoms with Crippen LogP contribution in [0.2, 0.25) is 0 Å². The molecule has 0 spiro atoms. The number of hydrogen-bond acceptors (Lipinski definition) is 3. The predicted octanol–water partition coefficient (Wildman–Crippen LogP) is 2.59. The summed E-state index contributed by atoms with van der Waals surface area (Å²) in [5, 5.41) is 21.6. The zero-order valence-electron chi connectivity index (χ0n) is 13.9. The molecule has 5 aliphatic carbocycles. The standard InChI is InChI=1S/C20H30O3/c21-13-8-6-9-5-7-11-10-3-1-2-4-12(10)19-17-15(11)14(9)16(13)18(22)20(17)23-19/h9-22H,1-8H2. The van der Waals surface area contributed by atoms with E-state index in [1.807, 2.05) is 0 Å². The maximum atomic E-state index is 11.0. The van der Waals surface area contributed by atoms with E-state index in [4.69, 9.17) is 4.74 Å². The van der Waals surface area contributed by atoms with Gasteiger partial charge in [-0.15, -0.1) is 0 Å². The number of rotatable bonds is 0. The van der Waals surface area contributed by atoms with Crippen molar-refractivity contribution in [2.24, 2.45) is 47.3 Å². The van der Waals surface area contributed by atoms with Gasteiger partial charge in [0.25, 0.3) is 0 Å². The number of ether oxygens (including phenoxy) is 1. The summed E-state index contributed by atoms with van der Waals surface area (Å²) in [4.78, 5) is 0. The molecule has 128 valence electrons. The molecule has 1 heterocycles. The van der Waals surface area contributed by atoms with E-state index >= 15 is 0 Å². The monoisotopic (exact) mass is 318 g/mol. The van der Waals surface area contributed by atoms with E-state index in [1.54, 1.807) is 0 Å². The zero-order valence-corrected chi connectivity index (χ0v) is 13.9. The van der Waals surface area contributed by atoms with Crippen molar-refractivity contribution < 1.29 is 14.9 Å². The highest BCUT2D eigenvalue weighted by atomic mass is 16.5. The molecule has 2 N–H and O–H groups in total. The van der Waals surface area contributed by atoms with Gasteiger partial charge < -0.3 is 14.9 Å². The Hall–Kier alpha value is -0.120. The lowest BCUT2D eigenvalue weighted by Gasteiger charge is -2.71. The third kappa shape index (κ3) is 1.63. The smallest absolute Gasteiger partial charge is 0.0897 e. The SMILES string of the molecule is OC1CCC2CCC3C4CCCCC4C4OC5C(O)C1C2C3C54. The van der Waals surface area contributed by atoms with Crippen LogP contribution in [0.5, 0.6) is 0 Å². The second kappa shape index (κ2) is 4.74. The molecule has 0 aromatic rings. The van der Waals surface area contributed by atoms with Crippen molar-refractivity contribution in [2.45, 2.75) is 75.8 Å². The summed E-state index contributed by atoms with van der Waals surface area (Å²) in [6.45, 7) is 0. The van der Waals surface area contributed by atoms with Crippen molar-refractivity contribution in [3.8, 4) is 0 Å². The summed E-state index contributed by atoms with van der Waals surface area (Å²) in [6, 6.07) is 0. The van der Waals surface area contributed by atoms with Crippen LogP contribution in [0.25, 0.3) is 0 Å². The summed E-state index contributed by atoms with van der Waals surface area (Å²) in [5.41, 5.74) is 0. The molecule has 12 unspecified atom stereocenters. The zero-order chi connectivity index (χ0) is 15.3. The molecule has 6 fully saturated rings. The molecule has 1 aliphatic heterocycles.